The summed E-state index contributed by atoms with van der Waals surface area (Å²) < 4.78 is 0. The van der Waals surface area contributed by atoms with Crippen molar-refractivity contribution >= 4 is 0 Å². The molecule has 0 atom stereocenters. The average molecular weight is 487 g/mol. The van der Waals surface area contributed by atoms with E-state index in [-0.39, 0.29) is 93.0 Å². The largest absolute Gasteiger partial charge is 4.00 e. The number of hydrogen-bond acceptors (Lipinski definition) is 0. The van der Waals surface area contributed by atoms with E-state index in [4.69, 9.17) is 0 Å². The maximum absolute atomic E-state index is 0. The van der Waals surface area contributed by atoms with Crippen molar-refractivity contribution in [1.29, 1.82) is 0 Å². The molecular weight excluding hydrogens is 487 g/mol. The second-order valence-electron chi connectivity index (χ2n) is 0. The smallest absolute Gasteiger partial charge is 1.00 e. The molecule has 0 fully saturated rings. The average Bonchev–Trinajstić information content (AvgIpc) is 0. The molecule has 0 rings (SSSR count). The molecule has 0 nitrogen and oxygen atoms in total. The zero-order valence-electron chi connectivity index (χ0n) is 3.93. The Kier molecular flexibility index (Phi) is 36500. The topological polar surface area (TPSA) is 0 Å². The molecule has 0 aliphatic carbocycles. The van der Waals surface area contributed by atoms with Gasteiger partial charge in [0.1, 0.15) is 0 Å². The molecule has 0 aliphatic rings. The summed E-state index contributed by atoms with van der Waals surface area (Å²) in [6.45, 7) is 0. The Morgan fingerprint density at radius 2 is 0.300 bits per heavy atom. The predicted molar refractivity (Wildman–Crippen MR) is 0 cm³/mol. The first-order valence-electron chi connectivity index (χ1n) is 0. The van der Waals surface area contributed by atoms with E-state index in [1.54, 1.807) is 0 Å². The molecule has 0 saturated heterocycles. The van der Waals surface area contributed by atoms with Crippen LogP contribution < -0.4 is 37.6 Å². The van der Waals surface area contributed by atoms with Gasteiger partial charge in [0.15, 0.2) is 0 Å². The van der Waals surface area contributed by atoms with Crippen LogP contribution in [0.2, 0.25) is 0 Å². The van der Waals surface area contributed by atoms with Gasteiger partial charge in [-0.15, -0.1) is 0 Å². The molecule has 0 unspecified atom stereocenters. The summed E-state index contributed by atoms with van der Waals surface area (Å²) in [4.78, 5) is 0. The van der Waals surface area contributed by atoms with Crippen molar-refractivity contribution in [3.63, 3.8) is 0 Å². The number of halogens is 8. The van der Waals surface area contributed by atoms with Crippen LogP contribution in [0.25, 0.3) is 0 Å². The van der Waals surface area contributed by atoms with Crippen LogP contribution in [0.15, 0.2) is 0 Å². The van der Waals surface area contributed by atoms with E-state index in [2.05, 4.69) is 0 Å². The maximum atomic E-state index is 0. The first-order valence-corrected chi connectivity index (χ1v) is 0. The molecule has 10 heavy (non-hydrogen) atoms. The molecule has 0 spiro atoms. The number of rotatable bonds is 0. The van der Waals surface area contributed by atoms with Gasteiger partial charge in [-0.3, -0.25) is 0 Å². The Hall–Kier alpha value is 1.31. The molecule has 0 aromatic rings. The minimum Gasteiger partial charge on any atom is -1.00 e. The van der Waals surface area contributed by atoms with Crippen LogP contribution in [0, 0.1) is 29.2 Å². The van der Waals surface area contributed by atoms with Gasteiger partial charge in [0, 0.05) is 29.2 Å². The van der Waals surface area contributed by atoms with Gasteiger partial charge in [-0.25, -0.2) is 0 Å². The minimum atomic E-state index is 0. The van der Waals surface area contributed by atoms with Gasteiger partial charge >= 0.3 is 26.2 Å². The SMILES string of the molecule is [F-].[F-].[F-].[F-].[F-].[F-].[F-].[F-].[Pu].[Zr+4]. The van der Waals surface area contributed by atoms with Gasteiger partial charge in [0.25, 0.3) is 0 Å². The van der Waals surface area contributed by atoms with Crippen molar-refractivity contribution in [3.8, 4) is 0 Å². The Labute approximate surface area is 92.5 Å². The molecule has 0 bridgehead atoms. The minimum absolute atomic E-state index is 0. The van der Waals surface area contributed by atoms with Gasteiger partial charge in [-0.05, 0) is 0 Å². The summed E-state index contributed by atoms with van der Waals surface area (Å²) in [5, 5.41) is 0. The quantitative estimate of drug-likeness (QED) is 0.298. The first kappa shape index (κ1) is 700. The molecule has 70 valence electrons. The monoisotopic (exact) mass is 480 g/mol. The number of hydrogen-bond donors (Lipinski definition) is 0. The zero-order chi connectivity index (χ0) is 0. The van der Waals surface area contributed by atoms with Gasteiger partial charge in [0.05, 0.1) is 0 Å². The van der Waals surface area contributed by atoms with Crippen molar-refractivity contribution in [2.75, 3.05) is 0 Å². The summed E-state index contributed by atoms with van der Waals surface area (Å²) in [6.07, 6.45) is 0. The summed E-state index contributed by atoms with van der Waals surface area (Å²) in [6, 6.07) is 0. The molecule has 10 heteroatoms. The fourth-order valence-corrected chi connectivity index (χ4v) is 0. The van der Waals surface area contributed by atoms with Gasteiger partial charge in [-0.2, -0.15) is 0 Å². The van der Waals surface area contributed by atoms with Crippen LogP contribution in [0.4, 0.5) is 0 Å². The standard InChI is InChI=1S/8FH.Pu.Zr/h8*1H;;/q;;;;;;;;;+4/p-8. The third-order valence-corrected chi connectivity index (χ3v) is 0. The molecule has 0 aromatic heterocycles. The maximum Gasteiger partial charge on any atom is 4.00 e. The third-order valence-electron chi connectivity index (χ3n) is 0. The molecule has 0 amide bonds. The Bertz CT molecular complexity index is 9.22. The van der Waals surface area contributed by atoms with E-state index in [1.807, 2.05) is 0 Å². The van der Waals surface area contributed by atoms with Crippen molar-refractivity contribution in [2.45, 2.75) is 0 Å². The van der Waals surface area contributed by atoms with Gasteiger partial charge in [-0.1, -0.05) is 0 Å². The predicted octanol–water partition coefficient (Wildman–Crippen LogP) is -24.0. The molecule has 0 aromatic carbocycles. The van der Waals surface area contributed by atoms with E-state index in [0.717, 1.165) is 0 Å². The second-order valence-corrected chi connectivity index (χ2v) is 0. The summed E-state index contributed by atoms with van der Waals surface area (Å²) in [5.41, 5.74) is 0. The van der Waals surface area contributed by atoms with Crippen molar-refractivity contribution in [2.24, 2.45) is 0 Å². The van der Waals surface area contributed by atoms with E-state index >= 15 is 0 Å². The fourth-order valence-electron chi connectivity index (χ4n) is 0. The molecule has 0 saturated carbocycles. The second kappa shape index (κ2) is 521. The Morgan fingerprint density at radius 1 is 0.300 bits per heavy atom. The molecular formula is F8PuZr-4. The Morgan fingerprint density at radius 3 is 0.300 bits per heavy atom. The van der Waals surface area contributed by atoms with Crippen LogP contribution in [-0.4, -0.2) is 0 Å². The fraction of sp³-hybridized carbons (Fsp3) is 0. The van der Waals surface area contributed by atoms with E-state index in [1.165, 1.54) is 0 Å². The van der Waals surface area contributed by atoms with Crippen LogP contribution in [0.1, 0.15) is 0 Å². The van der Waals surface area contributed by atoms with Gasteiger partial charge in [0.2, 0.25) is 0 Å². The van der Waals surface area contributed by atoms with Crippen molar-refractivity contribution < 1.29 is 93.0 Å². The zero-order valence-corrected chi connectivity index (χ0v) is 9.79. The first-order chi connectivity index (χ1) is 0. The Balaban J connectivity index is 0. The van der Waals surface area contributed by atoms with Crippen molar-refractivity contribution in [1.82, 2.24) is 0 Å². The van der Waals surface area contributed by atoms with Crippen LogP contribution in [-0.2, 0) is 26.2 Å². The van der Waals surface area contributed by atoms with E-state index in [9.17, 15) is 0 Å². The normalized spacial score (nSPS) is 0. The third kappa shape index (κ3) is 375. The van der Waals surface area contributed by atoms with Crippen LogP contribution >= 0.6 is 0 Å². The van der Waals surface area contributed by atoms with Crippen molar-refractivity contribution in [3.05, 3.63) is 0 Å². The summed E-state index contributed by atoms with van der Waals surface area (Å²) in [7, 11) is 0. The molecule has 0 aliphatic heterocycles. The van der Waals surface area contributed by atoms with E-state index < -0.39 is 0 Å². The molecule has 0 radical (unpaired) electrons. The van der Waals surface area contributed by atoms with E-state index in [0.29, 0.717) is 0 Å². The van der Waals surface area contributed by atoms with Gasteiger partial charge < -0.3 is 37.6 Å². The van der Waals surface area contributed by atoms with Crippen LogP contribution in [0.5, 0.6) is 0 Å². The molecule has 0 N–H and O–H groups in total. The summed E-state index contributed by atoms with van der Waals surface area (Å²) >= 11 is 0. The molecule has 0 heterocycles. The van der Waals surface area contributed by atoms with Crippen LogP contribution in [0.3, 0.4) is 0 Å². The summed E-state index contributed by atoms with van der Waals surface area (Å²) in [5.74, 6) is 0.